The highest BCUT2D eigenvalue weighted by molar-refractivity contribution is 5.17. The Hall–Kier alpha value is -1.03. The van der Waals surface area contributed by atoms with Crippen LogP contribution in [0.1, 0.15) is 18.2 Å². The average Bonchev–Trinajstić information content (AvgIpc) is 2.33. The van der Waals surface area contributed by atoms with Crippen molar-refractivity contribution in [1.82, 2.24) is 9.78 Å². The molecule has 2 N–H and O–H groups in total. The van der Waals surface area contributed by atoms with Gasteiger partial charge in [-0.15, -0.1) is 0 Å². The van der Waals surface area contributed by atoms with Crippen LogP contribution in [0.2, 0.25) is 0 Å². The fourth-order valence-corrected chi connectivity index (χ4v) is 1.31. The molecule has 0 aliphatic rings. The maximum atomic E-state index is 11.4. The Kier molecular flexibility index (Phi) is 2.70. The lowest BCUT2D eigenvalue weighted by Gasteiger charge is -1.94. The number of aryl methyl sites for hydroxylation is 2. The summed E-state index contributed by atoms with van der Waals surface area (Å²) in [6.45, 7) is 2.01. The zero-order valence-electron chi connectivity index (χ0n) is 7.42. The first kappa shape index (κ1) is 9.06. The molecule has 0 bridgehead atoms. The molecule has 68 valence electrons. The zero-order chi connectivity index (χ0) is 9.14. The molecule has 0 saturated carbocycles. The van der Waals surface area contributed by atoms with E-state index in [2.05, 4.69) is 5.10 Å². The summed E-state index contributed by atoms with van der Waals surface area (Å²) in [5.74, 6) is 0. The van der Waals surface area contributed by atoms with Crippen molar-refractivity contribution in [3.8, 4) is 0 Å². The topological polar surface area (TPSA) is 58.0 Å². The molecule has 0 unspecified atom stereocenters. The van der Waals surface area contributed by atoms with Gasteiger partial charge in [0.1, 0.15) is 0 Å². The Labute approximate surface area is 70.8 Å². The fraction of sp³-hybridized carbons (Fsp3) is 0.625. The quantitative estimate of drug-likeness (QED) is 0.660. The largest absolute Gasteiger partial charge is 0.396 e. The SMILES string of the molecule is CCc1[nH]n(C)c(=O)c1CCO. The summed E-state index contributed by atoms with van der Waals surface area (Å²) in [5.41, 5.74) is 1.61. The van der Waals surface area contributed by atoms with Crippen LogP contribution >= 0.6 is 0 Å². The first-order chi connectivity index (χ1) is 5.70. The van der Waals surface area contributed by atoms with Crippen LogP contribution in [0.5, 0.6) is 0 Å². The van der Waals surface area contributed by atoms with Crippen molar-refractivity contribution in [2.45, 2.75) is 19.8 Å². The van der Waals surface area contributed by atoms with Crippen LogP contribution < -0.4 is 5.56 Å². The Morgan fingerprint density at radius 2 is 2.25 bits per heavy atom. The number of hydrogen-bond acceptors (Lipinski definition) is 2. The first-order valence-corrected chi connectivity index (χ1v) is 4.08. The number of aliphatic hydroxyl groups is 1. The van der Waals surface area contributed by atoms with Gasteiger partial charge < -0.3 is 5.11 Å². The van der Waals surface area contributed by atoms with Gasteiger partial charge in [-0.1, -0.05) is 6.92 Å². The van der Waals surface area contributed by atoms with Crippen molar-refractivity contribution in [3.05, 3.63) is 21.6 Å². The second-order valence-electron chi connectivity index (χ2n) is 2.76. The van der Waals surface area contributed by atoms with Crippen LogP contribution in [-0.2, 0) is 19.9 Å². The highest BCUT2D eigenvalue weighted by atomic mass is 16.3. The van der Waals surface area contributed by atoms with E-state index in [0.717, 1.165) is 12.1 Å². The van der Waals surface area contributed by atoms with Gasteiger partial charge in [0.2, 0.25) is 0 Å². The minimum absolute atomic E-state index is 0.0269. The Bertz CT molecular complexity index is 311. The van der Waals surface area contributed by atoms with E-state index < -0.39 is 0 Å². The third kappa shape index (κ3) is 1.43. The number of rotatable bonds is 3. The first-order valence-electron chi connectivity index (χ1n) is 4.08. The summed E-state index contributed by atoms with van der Waals surface area (Å²) >= 11 is 0. The molecule has 0 spiro atoms. The van der Waals surface area contributed by atoms with Crippen molar-refractivity contribution in [2.75, 3.05) is 6.61 Å². The molecule has 0 radical (unpaired) electrons. The van der Waals surface area contributed by atoms with Gasteiger partial charge in [0.15, 0.2) is 0 Å². The molecular weight excluding hydrogens is 156 g/mol. The lowest BCUT2D eigenvalue weighted by Crippen LogP contribution is -2.16. The summed E-state index contributed by atoms with van der Waals surface area (Å²) in [5, 5.41) is 11.7. The van der Waals surface area contributed by atoms with E-state index in [4.69, 9.17) is 5.11 Å². The van der Waals surface area contributed by atoms with E-state index in [1.54, 1.807) is 7.05 Å². The molecule has 1 heterocycles. The molecule has 12 heavy (non-hydrogen) atoms. The summed E-state index contributed by atoms with van der Waals surface area (Å²) < 4.78 is 1.45. The van der Waals surface area contributed by atoms with Gasteiger partial charge in [-0.05, 0) is 6.42 Å². The predicted octanol–water partition coefficient (Wildman–Crippen LogP) is -0.189. The van der Waals surface area contributed by atoms with Crippen LogP contribution in [0.15, 0.2) is 4.79 Å². The smallest absolute Gasteiger partial charge is 0.269 e. The normalized spacial score (nSPS) is 10.6. The minimum atomic E-state index is -0.0269. The van der Waals surface area contributed by atoms with Gasteiger partial charge in [0.05, 0.1) is 0 Å². The third-order valence-electron chi connectivity index (χ3n) is 1.95. The van der Waals surface area contributed by atoms with Gasteiger partial charge in [0, 0.05) is 31.3 Å². The monoisotopic (exact) mass is 170 g/mol. The lowest BCUT2D eigenvalue weighted by atomic mass is 10.1. The number of nitrogens with one attached hydrogen (secondary N) is 1. The van der Waals surface area contributed by atoms with E-state index in [1.807, 2.05) is 6.92 Å². The van der Waals surface area contributed by atoms with Crippen LogP contribution in [0.3, 0.4) is 0 Å². The zero-order valence-corrected chi connectivity index (χ0v) is 7.42. The number of aromatic amines is 1. The predicted molar refractivity (Wildman–Crippen MR) is 46.2 cm³/mol. The standard InChI is InChI=1S/C8H14N2O2/c1-3-7-6(4-5-11)8(12)10(2)9-7/h9,11H,3-5H2,1-2H3. The minimum Gasteiger partial charge on any atom is -0.396 e. The third-order valence-corrected chi connectivity index (χ3v) is 1.95. The van der Waals surface area contributed by atoms with E-state index in [1.165, 1.54) is 4.68 Å². The summed E-state index contributed by atoms with van der Waals surface area (Å²) in [4.78, 5) is 11.4. The molecule has 0 atom stereocenters. The van der Waals surface area contributed by atoms with Gasteiger partial charge in [0.25, 0.3) is 5.56 Å². The highest BCUT2D eigenvalue weighted by Crippen LogP contribution is 2.01. The van der Waals surface area contributed by atoms with E-state index in [9.17, 15) is 4.79 Å². The van der Waals surface area contributed by atoms with E-state index >= 15 is 0 Å². The van der Waals surface area contributed by atoms with Crippen LogP contribution in [-0.4, -0.2) is 21.5 Å². The maximum absolute atomic E-state index is 11.4. The van der Waals surface area contributed by atoms with E-state index in [-0.39, 0.29) is 12.2 Å². The maximum Gasteiger partial charge on any atom is 0.269 e. The summed E-state index contributed by atoms with van der Waals surface area (Å²) in [6, 6.07) is 0. The second-order valence-corrected chi connectivity index (χ2v) is 2.76. The molecule has 0 aliphatic carbocycles. The van der Waals surface area contributed by atoms with Crippen molar-refractivity contribution >= 4 is 0 Å². The lowest BCUT2D eigenvalue weighted by molar-refractivity contribution is 0.299. The molecule has 0 aromatic carbocycles. The molecule has 0 amide bonds. The molecule has 4 nitrogen and oxygen atoms in total. The van der Waals surface area contributed by atoms with Gasteiger partial charge >= 0.3 is 0 Å². The number of aliphatic hydroxyl groups excluding tert-OH is 1. The molecule has 0 saturated heterocycles. The molecule has 0 fully saturated rings. The molecule has 1 aromatic rings. The van der Waals surface area contributed by atoms with Crippen molar-refractivity contribution < 1.29 is 5.11 Å². The number of H-pyrrole nitrogens is 1. The average molecular weight is 170 g/mol. The highest BCUT2D eigenvalue weighted by Gasteiger charge is 2.09. The Morgan fingerprint density at radius 1 is 1.58 bits per heavy atom. The molecular formula is C8H14N2O2. The number of aromatic nitrogens is 2. The van der Waals surface area contributed by atoms with Crippen LogP contribution in [0.4, 0.5) is 0 Å². The van der Waals surface area contributed by atoms with Gasteiger partial charge in [-0.3, -0.25) is 14.6 Å². The van der Waals surface area contributed by atoms with E-state index in [0.29, 0.717) is 12.0 Å². The van der Waals surface area contributed by atoms with Crippen molar-refractivity contribution in [2.24, 2.45) is 7.05 Å². The fourth-order valence-electron chi connectivity index (χ4n) is 1.31. The van der Waals surface area contributed by atoms with Gasteiger partial charge in [-0.25, -0.2) is 0 Å². The molecule has 1 rings (SSSR count). The number of hydrogen-bond donors (Lipinski definition) is 2. The molecule has 1 aromatic heterocycles. The Balaban J connectivity index is 3.12. The second kappa shape index (κ2) is 3.58. The molecule has 0 aliphatic heterocycles. The van der Waals surface area contributed by atoms with Crippen molar-refractivity contribution in [3.63, 3.8) is 0 Å². The Morgan fingerprint density at radius 3 is 2.75 bits per heavy atom. The van der Waals surface area contributed by atoms with Crippen molar-refractivity contribution in [1.29, 1.82) is 0 Å². The van der Waals surface area contributed by atoms with Crippen LogP contribution in [0, 0.1) is 0 Å². The van der Waals surface area contributed by atoms with Gasteiger partial charge in [-0.2, -0.15) is 0 Å². The number of nitrogens with zero attached hydrogens (tertiary/aromatic N) is 1. The molecule has 4 heteroatoms. The van der Waals surface area contributed by atoms with Crippen LogP contribution in [0.25, 0.3) is 0 Å². The summed E-state index contributed by atoms with van der Waals surface area (Å²) in [7, 11) is 1.68. The summed E-state index contributed by atoms with van der Waals surface area (Å²) in [6.07, 6.45) is 1.24.